The van der Waals surface area contributed by atoms with Crippen LogP contribution in [0.25, 0.3) is 22.5 Å². The Balaban J connectivity index is 1.35. The van der Waals surface area contributed by atoms with Gasteiger partial charge >= 0.3 is 0 Å². The van der Waals surface area contributed by atoms with E-state index in [1.807, 2.05) is 44.2 Å². The number of primary amides is 1. The Kier molecular flexibility index (Phi) is 6.56. The van der Waals surface area contributed by atoms with Crippen molar-refractivity contribution < 1.29 is 14.0 Å². The van der Waals surface area contributed by atoms with Crippen molar-refractivity contribution >= 4 is 28.5 Å². The van der Waals surface area contributed by atoms with E-state index in [9.17, 15) is 9.59 Å². The lowest BCUT2D eigenvalue weighted by molar-refractivity contribution is -0.123. The molecule has 0 aliphatic carbocycles. The zero-order valence-electron chi connectivity index (χ0n) is 20.5. The number of furan rings is 1. The van der Waals surface area contributed by atoms with Crippen LogP contribution in [0.5, 0.6) is 0 Å². The lowest BCUT2D eigenvalue weighted by atomic mass is 9.97. The lowest BCUT2D eigenvalue weighted by Gasteiger charge is -2.31. The number of pyridine rings is 1. The second-order valence-electron chi connectivity index (χ2n) is 9.58. The zero-order chi connectivity index (χ0) is 25.2. The van der Waals surface area contributed by atoms with Gasteiger partial charge in [-0.2, -0.15) is 5.10 Å². The number of nitrogens with zero attached hydrogens (tertiary/aromatic N) is 4. The highest BCUT2D eigenvalue weighted by Crippen LogP contribution is 2.27. The van der Waals surface area contributed by atoms with Crippen LogP contribution in [0.2, 0.25) is 0 Å². The third kappa shape index (κ3) is 4.87. The van der Waals surface area contributed by atoms with E-state index >= 15 is 0 Å². The highest BCUT2D eigenvalue weighted by Gasteiger charge is 2.24. The number of nitrogens with two attached hydrogens (primary N) is 1. The predicted octanol–water partition coefficient (Wildman–Crippen LogP) is 4.22. The summed E-state index contributed by atoms with van der Waals surface area (Å²) in [6.45, 7) is 6.42. The maximum Gasteiger partial charge on any atom is 0.256 e. The average molecular weight is 487 g/mol. The van der Waals surface area contributed by atoms with Crippen molar-refractivity contribution in [2.24, 2.45) is 11.7 Å². The molecule has 2 amide bonds. The van der Waals surface area contributed by atoms with Crippen LogP contribution >= 0.6 is 0 Å². The number of anilines is 1. The summed E-state index contributed by atoms with van der Waals surface area (Å²) in [6.07, 6.45) is 5.09. The van der Waals surface area contributed by atoms with Crippen molar-refractivity contribution in [3.63, 3.8) is 0 Å². The quantitative estimate of drug-likeness (QED) is 0.404. The van der Waals surface area contributed by atoms with Gasteiger partial charge in [0.25, 0.3) is 5.91 Å². The summed E-state index contributed by atoms with van der Waals surface area (Å²) in [7, 11) is 0. The molecule has 4 heterocycles. The molecule has 1 saturated heterocycles. The second kappa shape index (κ2) is 9.94. The number of nitrogens with one attached hydrogen (secondary N) is 1. The minimum Gasteiger partial charge on any atom is -0.463 e. The van der Waals surface area contributed by atoms with Crippen molar-refractivity contribution in [3.8, 4) is 11.5 Å². The summed E-state index contributed by atoms with van der Waals surface area (Å²) in [6, 6.07) is 13.2. The van der Waals surface area contributed by atoms with Crippen molar-refractivity contribution in [3.05, 3.63) is 66.1 Å². The van der Waals surface area contributed by atoms with E-state index in [1.54, 1.807) is 29.3 Å². The van der Waals surface area contributed by atoms with Crippen LogP contribution in [0.1, 0.15) is 48.7 Å². The first-order chi connectivity index (χ1) is 17.4. The van der Waals surface area contributed by atoms with Crippen LogP contribution in [0, 0.1) is 5.92 Å². The number of carbonyl (C=O) groups excluding carboxylic acids is 2. The van der Waals surface area contributed by atoms with E-state index in [4.69, 9.17) is 15.1 Å². The fourth-order valence-corrected chi connectivity index (χ4v) is 4.72. The maximum absolute atomic E-state index is 13.4. The Morgan fingerprint density at radius 2 is 2.03 bits per heavy atom. The Bertz CT molecular complexity index is 1370. The van der Waals surface area contributed by atoms with Crippen LogP contribution in [0.4, 0.5) is 5.69 Å². The summed E-state index contributed by atoms with van der Waals surface area (Å²) in [4.78, 5) is 31.9. The number of fused-ring (bicyclic) bond motifs is 1. The molecule has 1 aromatic carbocycles. The maximum atomic E-state index is 13.4. The molecule has 0 radical (unpaired) electrons. The van der Waals surface area contributed by atoms with Crippen molar-refractivity contribution in [1.82, 2.24) is 19.7 Å². The number of aromatic nitrogens is 3. The molecule has 4 aromatic rings. The van der Waals surface area contributed by atoms with Gasteiger partial charge in [0.05, 0.1) is 29.3 Å². The summed E-state index contributed by atoms with van der Waals surface area (Å²) < 4.78 is 7.34. The molecule has 9 nitrogen and oxygen atoms in total. The van der Waals surface area contributed by atoms with Crippen LogP contribution in [0.3, 0.4) is 0 Å². The van der Waals surface area contributed by atoms with Crippen molar-refractivity contribution in [1.29, 1.82) is 0 Å². The second-order valence-corrected chi connectivity index (χ2v) is 9.58. The van der Waals surface area contributed by atoms with Gasteiger partial charge in [0, 0.05) is 24.8 Å². The number of likely N-dealkylation sites (tertiary alicyclic amines) is 1. The molecular formula is C27H30N6O3. The summed E-state index contributed by atoms with van der Waals surface area (Å²) in [5, 5.41) is 8.15. The number of piperidine rings is 1. The molecule has 1 aliphatic heterocycles. The molecular weight excluding hydrogens is 456 g/mol. The summed E-state index contributed by atoms with van der Waals surface area (Å²) in [5.74, 6) is 0.0347. The molecule has 3 N–H and O–H groups in total. The van der Waals surface area contributed by atoms with Gasteiger partial charge in [-0.1, -0.05) is 12.1 Å². The van der Waals surface area contributed by atoms with Crippen LogP contribution < -0.4 is 11.1 Å². The Labute approximate surface area is 209 Å². The van der Waals surface area contributed by atoms with E-state index in [1.165, 1.54) is 0 Å². The first-order valence-corrected chi connectivity index (χ1v) is 12.2. The smallest absolute Gasteiger partial charge is 0.256 e. The van der Waals surface area contributed by atoms with Crippen molar-refractivity contribution in [2.45, 2.75) is 39.3 Å². The Morgan fingerprint density at radius 3 is 2.72 bits per heavy atom. The average Bonchev–Trinajstić information content (AvgIpc) is 3.55. The first kappa shape index (κ1) is 23.7. The van der Waals surface area contributed by atoms with Gasteiger partial charge in [-0.15, -0.1) is 0 Å². The number of amides is 2. The molecule has 1 fully saturated rings. The number of carbonyl (C=O) groups is 2. The van der Waals surface area contributed by atoms with Crippen molar-refractivity contribution in [2.75, 3.05) is 18.4 Å². The van der Waals surface area contributed by atoms with E-state index in [2.05, 4.69) is 15.3 Å². The van der Waals surface area contributed by atoms with Crippen LogP contribution in [-0.2, 0) is 11.3 Å². The normalized spacial score (nSPS) is 16.5. The molecule has 0 saturated carbocycles. The van der Waals surface area contributed by atoms with Gasteiger partial charge in [-0.05, 0) is 69.1 Å². The van der Waals surface area contributed by atoms with E-state index in [0.717, 1.165) is 31.5 Å². The zero-order valence-corrected chi connectivity index (χ0v) is 20.5. The SMILES string of the molecule is CC(C)n1ncc2c(C(=O)Nc3ccc(CN4CCCC(C(N)=O)C4)cc3)cc(-c3ccco3)nc21. The third-order valence-corrected chi connectivity index (χ3v) is 6.60. The molecule has 1 unspecified atom stereocenters. The highest BCUT2D eigenvalue weighted by atomic mass is 16.3. The van der Waals surface area contributed by atoms with E-state index in [0.29, 0.717) is 40.3 Å². The third-order valence-electron chi connectivity index (χ3n) is 6.60. The number of benzene rings is 1. The topological polar surface area (TPSA) is 119 Å². The van der Waals surface area contributed by atoms with Gasteiger partial charge in [-0.25, -0.2) is 9.67 Å². The highest BCUT2D eigenvalue weighted by molar-refractivity contribution is 6.12. The minimum atomic E-state index is -0.244. The van der Waals surface area contributed by atoms with Gasteiger partial charge in [0.2, 0.25) is 5.91 Å². The Morgan fingerprint density at radius 1 is 1.22 bits per heavy atom. The van der Waals surface area contributed by atoms with Crippen LogP contribution in [-0.4, -0.2) is 44.6 Å². The van der Waals surface area contributed by atoms with Gasteiger partial charge < -0.3 is 15.5 Å². The molecule has 1 atom stereocenters. The fraction of sp³-hybridized carbons (Fsp3) is 0.333. The molecule has 0 spiro atoms. The molecule has 1 aliphatic rings. The Hall–Kier alpha value is -3.98. The molecule has 36 heavy (non-hydrogen) atoms. The summed E-state index contributed by atoms with van der Waals surface area (Å²) in [5.41, 5.74) is 9.00. The molecule has 9 heteroatoms. The number of hydrogen-bond donors (Lipinski definition) is 2. The van der Waals surface area contributed by atoms with Gasteiger partial charge in [-0.3, -0.25) is 14.5 Å². The van der Waals surface area contributed by atoms with Gasteiger partial charge in [0.15, 0.2) is 11.4 Å². The van der Waals surface area contributed by atoms with E-state index < -0.39 is 0 Å². The molecule has 186 valence electrons. The van der Waals surface area contributed by atoms with Gasteiger partial charge in [0.1, 0.15) is 5.69 Å². The first-order valence-electron chi connectivity index (χ1n) is 12.2. The lowest BCUT2D eigenvalue weighted by Crippen LogP contribution is -2.40. The van der Waals surface area contributed by atoms with Crippen LogP contribution in [0.15, 0.2) is 59.3 Å². The molecule has 3 aromatic heterocycles. The minimum absolute atomic E-state index is 0.0828. The van der Waals surface area contributed by atoms with E-state index in [-0.39, 0.29) is 23.8 Å². The number of hydrogen-bond acceptors (Lipinski definition) is 6. The predicted molar refractivity (Wildman–Crippen MR) is 137 cm³/mol. The number of rotatable bonds is 7. The molecule has 0 bridgehead atoms. The standard InChI is InChI=1S/C27H30N6O3/c1-17(2)33-26-22(14-29-33)21(13-23(31-26)24-6-4-12-36-24)27(35)30-20-9-7-18(8-10-20)15-32-11-3-5-19(16-32)25(28)34/h4,6-10,12-14,17,19H,3,5,11,15-16H2,1-2H3,(H2,28,34)(H,30,35). The monoisotopic (exact) mass is 486 g/mol. The largest absolute Gasteiger partial charge is 0.463 e. The summed E-state index contributed by atoms with van der Waals surface area (Å²) >= 11 is 0. The fourth-order valence-electron chi connectivity index (χ4n) is 4.72. The molecule has 5 rings (SSSR count).